The third kappa shape index (κ3) is 6.42. The van der Waals surface area contributed by atoms with Gasteiger partial charge in [0, 0.05) is 54.5 Å². The van der Waals surface area contributed by atoms with Gasteiger partial charge >= 0.3 is 0 Å². The van der Waals surface area contributed by atoms with E-state index in [1.165, 1.54) is 0 Å². The number of amides is 2. The molecule has 3 aromatic rings. The number of nitrogens with zero attached hydrogens (tertiary/aromatic N) is 5. The lowest BCUT2D eigenvalue weighted by Crippen LogP contribution is -2.55. The first kappa shape index (κ1) is 27.8. The second kappa shape index (κ2) is 12.5. The average molecular weight is 558 g/mol. The second-order valence-corrected chi connectivity index (χ2v) is 10.6. The average Bonchev–Trinajstić information content (AvgIpc) is 3.30. The summed E-state index contributed by atoms with van der Waals surface area (Å²) in [5.41, 5.74) is 1.41. The number of hydrogen-bond donors (Lipinski definition) is 0. The van der Waals surface area contributed by atoms with Gasteiger partial charge in [0.15, 0.2) is 5.16 Å². The number of carbonyl (C=O) groups is 2. The number of ether oxygens (including phenoxy) is 2. The summed E-state index contributed by atoms with van der Waals surface area (Å²) in [6, 6.07) is 12.6. The summed E-state index contributed by atoms with van der Waals surface area (Å²) in [5.74, 6) is 2.63. The van der Waals surface area contributed by atoms with Crippen LogP contribution in [0.5, 0.6) is 11.5 Å². The van der Waals surface area contributed by atoms with Crippen LogP contribution < -0.4 is 9.47 Å². The lowest BCUT2D eigenvalue weighted by Gasteiger charge is -2.40. The molecule has 0 radical (unpaired) electrons. The molecule has 1 fully saturated rings. The van der Waals surface area contributed by atoms with Crippen LogP contribution in [0.3, 0.4) is 0 Å². The fourth-order valence-electron chi connectivity index (χ4n) is 4.48. The number of benzene rings is 2. The number of carbonyl (C=O) groups excluding carboxylic acids is 2. The van der Waals surface area contributed by atoms with Crippen LogP contribution in [-0.2, 0) is 4.79 Å². The van der Waals surface area contributed by atoms with E-state index in [0.717, 1.165) is 22.4 Å². The molecule has 1 aromatic heterocycles. The molecule has 1 saturated heterocycles. The molecule has 4 rings (SSSR count). The van der Waals surface area contributed by atoms with E-state index in [1.807, 2.05) is 47.6 Å². The Hall–Kier alpha value is -3.24. The van der Waals surface area contributed by atoms with Crippen LogP contribution >= 0.6 is 23.4 Å². The van der Waals surface area contributed by atoms with E-state index in [9.17, 15) is 9.59 Å². The van der Waals surface area contributed by atoms with Crippen molar-refractivity contribution in [3.8, 4) is 17.2 Å². The standard InChI is InChI=1S/C27H32ClN5O4S/c1-18-17-31(10-11-32(18)26(35)20-13-23(36-3)16-24(14-20)37-4)25(34)9-6-12-38-27-30-29-19(2)33(27)22-8-5-7-21(28)15-22/h5,7-8,13-16,18H,6,9-12,17H2,1-4H3. The molecule has 2 heterocycles. The molecule has 0 saturated carbocycles. The molecule has 0 bridgehead atoms. The molecule has 1 aliphatic rings. The number of rotatable bonds is 9. The number of hydrogen-bond acceptors (Lipinski definition) is 7. The van der Waals surface area contributed by atoms with Crippen LogP contribution in [0.1, 0.15) is 35.9 Å². The number of methoxy groups -OCH3 is 2. The SMILES string of the molecule is COc1cc(OC)cc(C(=O)N2CCN(C(=O)CCCSc3nnc(C)n3-c3cccc(Cl)c3)CC2C)c1. The lowest BCUT2D eigenvalue weighted by atomic mass is 10.1. The molecule has 0 N–H and O–H groups in total. The van der Waals surface area contributed by atoms with E-state index < -0.39 is 0 Å². The number of piperazine rings is 1. The lowest BCUT2D eigenvalue weighted by molar-refractivity contribution is -0.133. The smallest absolute Gasteiger partial charge is 0.254 e. The van der Waals surface area contributed by atoms with Gasteiger partial charge in [0.25, 0.3) is 5.91 Å². The van der Waals surface area contributed by atoms with E-state index in [4.69, 9.17) is 21.1 Å². The van der Waals surface area contributed by atoms with Crippen LogP contribution in [0, 0.1) is 6.92 Å². The summed E-state index contributed by atoms with van der Waals surface area (Å²) < 4.78 is 12.6. The topological polar surface area (TPSA) is 89.8 Å². The predicted octanol–water partition coefficient (Wildman–Crippen LogP) is 4.49. The molecular weight excluding hydrogens is 526 g/mol. The second-order valence-electron chi connectivity index (χ2n) is 9.09. The zero-order valence-corrected chi connectivity index (χ0v) is 23.6. The normalized spacial score (nSPS) is 15.4. The number of thioether (sulfide) groups is 1. The highest BCUT2D eigenvalue weighted by Crippen LogP contribution is 2.26. The Morgan fingerprint density at radius 2 is 1.82 bits per heavy atom. The summed E-state index contributed by atoms with van der Waals surface area (Å²) in [5, 5.41) is 9.92. The summed E-state index contributed by atoms with van der Waals surface area (Å²) in [6.07, 6.45) is 1.15. The van der Waals surface area contributed by atoms with Gasteiger partial charge < -0.3 is 19.3 Å². The van der Waals surface area contributed by atoms with Gasteiger partial charge in [-0.05, 0) is 50.6 Å². The highest BCUT2D eigenvalue weighted by atomic mass is 35.5. The maximum atomic E-state index is 13.2. The van der Waals surface area contributed by atoms with Crippen molar-refractivity contribution in [3.63, 3.8) is 0 Å². The monoisotopic (exact) mass is 557 g/mol. The zero-order chi connectivity index (χ0) is 27.2. The van der Waals surface area contributed by atoms with Crippen molar-refractivity contribution in [2.45, 2.75) is 37.9 Å². The molecular formula is C27H32ClN5O4S. The fourth-order valence-corrected chi connectivity index (χ4v) is 5.60. The van der Waals surface area contributed by atoms with Crippen molar-refractivity contribution in [1.29, 1.82) is 0 Å². The van der Waals surface area contributed by atoms with Gasteiger partial charge in [0.2, 0.25) is 5.91 Å². The van der Waals surface area contributed by atoms with E-state index in [1.54, 1.807) is 49.1 Å². The Morgan fingerprint density at radius 1 is 1.08 bits per heavy atom. The first-order valence-electron chi connectivity index (χ1n) is 12.4. The molecule has 11 heteroatoms. The quantitative estimate of drug-likeness (QED) is 0.283. The van der Waals surface area contributed by atoms with E-state index in [0.29, 0.717) is 54.6 Å². The summed E-state index contributed by atoms with van der Waals surface area (Å²) >= 11 is 7.73. The number of halogens is 1. The van der Waals surface area contributed by atoms with E-state index in [-0.39, 0.29) is 17.9 Å². The summed E-state index contributed by atoms with van der Waals surface area (Å²) in [7, 11) is 3.11. The van der Waals surface area contributed by atoms with Crippen molar-refractivity contribution < 1.29 is 19.1 Å². The summed E-state index contributed by atoms with van der Waals surface area (Å²) in [4.78, 5) is 29.8. The Kier molecular flexibility index (Phi) is 9.17. The Balaban J connectivity index is 1.28. The molecule has 202 valence electrons. The fraction of sp³-hybridized carbons (Fsp3) is 0.407. The van der Waals surface area contributed by atoms with Crippen molar-refractivity contribution in [2.75, 3.05) is 39.6 Å². The molecule has 1 unspecified atom stereocenters. The van der Waals surface area contributed by atoms with Gasteiger partial charge in [0.1, 0.15) is 17.3 Å². The molecule has 2 aromatic carbocycles. The van der Waals surface area contributed by atoms with Crippen LogP contribution in [0.15, 0.2) is 47.6 Å². The van der Waals surface area contributed by atoms with Gasteiger partial charge in [-0.15, -0.1) is 10.2 Å². The molecule has 0 spiro atoms. The molecule has 1 aliphatic heterocycles. The third-order valence-electron chi connectivity index (χ3n) is 6.47. The summed E-state index contributed by atoms with van der Waals surface area (Å²) in [6.45, 7) is 5.35. The van der Waals surface area contributed by atoms with Gasteiger partial charge in [-0.1, -0.05) is 29.4 Å². The molecule has 1 atom stereocenters. The largest absolute Gasteiger partial charge is 0.497 e. The zero-order valence-electron chi connectivity index (χ0n) is 22.0. The third-order valence-corrected chi connectivity index (χ3v) is 7.72. The first-order chi connectivity index (χ1) is 18.3. The van der Waals surface area contributed by atoms with Crippen molar-refractivity contribution in [2.24, 2.45) is 0 Å². The highest BCUT2D eigenvalue weighted by molar-refractivity contribution is 7.99. The minimum absolute atomic E-state index is 0.0973. The number of aryl methyl sites for hydroxylation is 1. The van der Waals surface area contributed by atoms with Gasteiger partial charge in [0.05, 0.1) is 19.9 Å². The molecule has 38 heavy (non-hydrogen) atoms. The molecule has 0 aliphatic carbocycles. The highest BCUT2D eigenvalue weighted by Gasteiger charge is 2.30. The van der Waals surface area contributed by atoms with Crippen LogP contribution in [0.25, 0.3) is 5.69 Å². The van der Waals surface area contributed by atoms with Gasteiger partial charge in [-0.25, -0.2) is 0 Å². The predicted molar refractivity (Wildman–Crippen MR) is 148 cm³/mol. The van der Waals surface area contributed by atoms with Crippen molar-refractivity contribution >= 4 is 35.2 Å². The Labute approximate surface area is 232 Å². The van der Waals surface area contributed by atoms with Crippen LogP contribution in [0.4, 0.5) is 0 Å². The van der Waals surface area contributed by atoms with Crippen LogP contribution in [0.2, 0.25) is 5.02 Å². The van der Waals surface area contributed by atoms with E-state index >= 15 is 0 Å². The first-order valence-corrected chi connectivity index (χ1v) is 13.8. The maximum Gasteiger partial charge on any atom is 0.254 e. The van der Waals surface area contributed by atoms with Crippen LogP contribution in [-0.4, -0.2) is 82.0 Å². The Bertz CT molecular complexity index is 1280. The molecule has 9 nitrogen and oxygen atoms in total. The number of aromatic nitrogens is 3. The minimum Gasteiger partial charge on any atom is -0.497 e. The Morgan fingerprint density at radius 3 is 2.47 bits per heavy atom. The van der Waals surface area contributed by atoms with E-state index in [2.05, 4.69) is 10.2 Å². The molecule has 2 amide bonds. The van der Waals surface area contributed by atoms with Crippen molar-refractivity contribution in [1.82, 2.24) is 24.6 Å². The van der Waals surface area contributed by atoms with Crippen molar-refractivity contribution in [3.05, 3.63) is 58.9 Å². The minimum atomic E-state index is -0.106. The van der Waals surface area contributed by atoms with Gasteiger partial charge in [-0.3, -0.25) is 14.2 Å². The maximum absolute atomic E-state index is 13.2. The van der Waals surface area contributed by atoms with Gasteiger partial charge in [-0.2, -0.15) is 0 Å².